The van der Waals surface area contributed by atoms with Crippen LogP contribution in [0.5, 0.6) is 0 Å². The summed E-state index contributed by atoms with van der Waals surface area (Å²) in [5.41, 5.74) is 2.17. The summed E-state index contributed by atoms with van der Waals surface area (Å²) in [4.78, 5) is 3.66. The SMILES string of the molecule is Cc1ccccc1CNc1ncc(F)cc1F. The minimum absolute atomic E-state index is 0.0645. The fraction of sp³-hybridized carbons (Fsp3) is 0.154. The predicted molar refractivity (Wildman–Crippen MR) is 62.7 cm³/mol. The van der Waals surface area contributed by atoms with Gasteiger partial charge in [-0.1, -0.05) is 24.3 Å². The van der Waals surface area contributed by atoms with Crippen LogP contribution in [0.4, 0.5) is 14.6 Å². The molecule has 0 aliphatic carbocycles. The van der Waals surface area contributed by atoms with Crippen LogP contribution in [0.1, 0.15) is 11.1 Å². The monoisotopic (exact) mass is 234 g/mol. The van der Waals surface area contributed by atoms with E-state index < -0.39 is 11.6 Å². The Morgan fingerprint density at radius 2 is 2.00 bits per heavy atom. The van der Waals surface area contributed by atoms with E-state index in [-0.39, 0.29) is 5.82 Å². The molecule has 0 radical (unpaired) electrons. The molecule has 0 unspecified atom stereocenters. The Morgan fingerprint density at radius 3 is 2.71 bits per heavy atom. The molecule has 1 aromatic carbocycles. The van der Waals surface area contributed by atoms with Gasteiger partial charge >= 0.3 is 0 Å². The van der Waals surface area contributed by atoms with Crippen molar-refractivity contribution in [2.45, 2.75) is 13.5 Å². The molecule has 0 aliphatic heterocycles. The Bertz CT molecular complexity index is 527. The number of hydrogen-bond acceptors (Lipinski definition) is 2. The van der Waals surface area contributed by atoms with Crippen molar-refractivity contribution in [2.24, 2.45) is 0 Å². The molecule has 0 spiro atoms. The lowest BCUT2D eigenvalue weighted by atomic mass is 10.1. The van der Waals surface area contributed by atoms with Crippen molar-refractivity contribution in [3.63, 3.8) is 0 Å². The molecule has 2 nitrogen and oxygen atoms in total. The van der Waals surface area contributed by atoms with E-state index in [4.69, 9.17) is 0 Å². The van der Waals surface area contributed by atoms with Crippen molar-refractivity contribution in [1.29, 1.82) is 0 Å². The van der Waals surface area contributed by atoms with Crippen LogP contribution in [-0.4, -0.2) is 4.98 Å². The number of pyridine rings is 1. The van der Waals surface area contributed by atoms with Crippen molar-refractivity contribution in [2.75, 3.05) is 5.32 Å². The van der Waals surface area contributed by atoms with Gasteiger partial charge in [-0.3, -0.25) is 0 Å². The molecule has 4 heteroatoms. The molecule has 0 bridgehead atoms. The van der Waals surface area contributed by atoms with Gasteiger partial charge in [-0.15, -0.1) is 0 Å². The molecule has 0 amide bonds. The average molecular weight is 234 g/mol. The highest BCUT2D eigenvalue weighted by Gasteiger charge is 2.05. The standard InChI is InChI=1S/C13H12F2N2/c1-9-4-2-3-5-10(9)7-16-13-12(15)6-11(14)8-17-13/h2-6,8H,7H2,1H3,(H,16,17). The van der Waals surface area contributed by atoms with Gasteiger partial charge in [0.05, 0.1) is 6.20 Å². The largest absolute Gasteiger partial charge is 0.364 e. The summed E-state index contributed by atoms with van der Waals surface area (Å²) in [7, 11) is 0. The second kappa shape index (κ2) is 4.91. The van der Waals surface area contributed by atoms with Crippen LogP contribution < -0.4 is 5.32 Å². The highest BCUT2D eigenvalue weighted by Crippen LogP contribution is 2.14. The maximum absolute atomic E-state index is 13.3. The fourth-order valence-corrected chi connectivity index (χ4v) is 1.53. The minimum atomic E-state index is -0.682. The lowest BCUT2D eigenvalue weighted by molar-refractivity contribution is 0.575. The van der Waals surface area contributed by atoms with Crippen molar-refractivity contribution < 1.29 is 8.78 Å². The maximum Gasteiger partial charge on any atom is 0.168 e. The van der Waals surface area contributed by atoms with Crippen molar-refractivity contribution in [1.82, 2.24) is 4.98 Å². The lowest BCUT2D eigenvalue weighted by Crippen LogP contribution is -2.05. The number of hydrogen-bond donors (Lipinski definition) is 1. The molecule has 0 fully saturated rings. The third-order valence-electron chi connectivity index (χ3n) is 2.52. The van der Waals surface area contributed by atoms with E-state index >= 15 is 0 Å². The van der Waals surface area contributed by atoms with Crippen LogP contribution in [0.25, 0.3) is 0 Å². The van der Waals surface area contributed by atoms with Gasteiger partial charge in [0, 0.05) is 12.6 Å². The minimum Gasteiger partial charge on any atom is -0.364 e. The molecule has 0 saturated heterocycles. The smallest absolute Gasteiger partial charge is 0.168 e. The van der Waals surface area contributed by atoms with E-state index in [2.05, 4.69) is 10.3 Å². The summed E-state index contributed by atoms with van der Waals surface area (Å²) in [5, 5.41) is 2.84. The molecule has 1 N–H and O–H groups in total. The molecule has 1 heterocycles. The van der Waals surface area contributed by atoms with Crippen LogP contribution in [0.2, 0.25) is 0 Å². The first-order valence-electron chi connectivity index (χ1n) is 5.26. The maximum atomic E-state index is 13.3. The second-order valence-corrected chi connectivity index (χ2v) is 3.76. The number of benzene rings is 1. The predicted octanol–water partition coefficient (Wildman–Crippen LogP) is 3.28. The van der Waals surface area contributed by atoms with Crippen LogP contribution >= 0.6 is 0 Å². The molecule has 0 atom stereocenters. The third-order valence-corrected chi connectivity index (χ3v) is 2.52. The van der Waals surface area contributed by atoms with Gasteiger partial charge in [0.1, 0.15) is 5.82 Å². The zero-order chi connectivity index (χ0) is 12.3. The Morgan fingerprint density at radius 1 is 1.24 bits per heavy atom. The summed E-state index contributed by atoms with van der Waals surface area (Å²) in [6, 6.07) is 8.59. The summed E-state index contributed by atoms with van der Waals surface area (Å²) < 4.78 is 25.9. The van der Waals surface area contributed by atoms with Gasteiger partial charge in [-0.25, -0.2) is 13.8 Å². The summed E-state index contributed by atoms with van der Waals surface area (Å²) in [6.07, 6.45) is 0.989. The van der Waals surface area contributed by atoms with Crippen LogP contribution in [-0.2, 0) is 6.54 Å². The van der Waals surface area contributed by atoms with Crippen molar-refractivity contribution in [3.05, 3.63) is 59.3 Å². The molecule has 0 saturated carbocycles. The van der Waals surface area contributed by atoms with E-state index in [0.717, 1.165) is 23.4 Å². The Hall–Kier alpha value is -1.97. The van der Waals surface area contributed by atoms with Crippen molar-refractivity contribution in [3.8, 4) is 0 Å². The highest BCUT2D eigenvalue weighted by molar-refractivity contribution is 5.38. The van der Waals surface area contributed by atoms with Gasteiger partial charge in [0.25, 0.3) is 0 Å². The van der Waals surface area contributed by atoms with E-state index in [0.29, 0.717) is 6.54 Å². The number of rotatable bonds is 3. The molecule has 2 rings (SSSR count). The van der Waals surface area contributed by atoms with Crippen LogP contribution in [0.15, 0.2) is 36.5 Å². The van der Waals surface area contributed by atoms with Gasteiger partial charge < -0.3 is 5.32 Å². The van der Waals surface area contributed by atoms with E-state index in [1.807, 2.05) is 31.2 Å². The Balaban J connectivity index is 2.10. The summed E-state index contributed by atoms with van der Waals surface area (Å²) in [6.45, 7) is 2.44. The number of aryl methyl sites for hydroxylation is 1. The normalized spacial score (nSPS) is 10.3. The number of nitrogens with one attached hydrogen (secondary N) is 1. The number of anilines is 1. The zero-order valence-corrected chi connectivity index (χ0v) is 9.37. The summed E-state index contributed by atoms with van der Waals surface area (Å²) >= 11 is 0. The number of aromatic nitrogens is 1. The Kier molecular flexibility index (Phi) is 3.32. The lowest BCUT2D eigenvalue weighted by Gasteiger charge is -2.08. The van der Waals surface area contributed by atoms with Gasteiger partial charge in [-0.2, -0.15) is 0 Å². The molecule has 88 valence electrons. The topological polar surface area (TPSA) is 24.9 Å². The van der Waals surface area contributed by atoms with E-state index in [1.54, 1.807) is 0 Å². The van der Waals surface area contributed by atoms with Crippen LogP contribution in [0, 0.1) is 18.6 Å². The first-order chi connectivity index (χ1) is 8.16. The summed E-state index contributed by atoms with van der Waals surface area (Å²) in [5.74, 6) is -1.29. The van der Waals surface area contributed by atoms with Gasteiger partial charge in [0.15, 0.2) is 11.6 Å². The number of halogens is 2. The molecular formula is C13H12F2N2. The second-order valence-electron chi connectivity index (χ2n) is 3.76. The van der Waals surface area contributed by atoms with Gasteiger partial charge in [0.2, 0.25) is 0 Å². The van der Waals surface area contributed by atoms with E-state index in [9.17, 15) is 8.78 Å². The average Bonchev–Trinajstić information content (AvgIpc) is 2.30. The Labute approximate surface area is 98.3 Å². The quantitative estimate of drug-likeness (QED) is 0.881. The third kappa shape index (κ3) is 2.78. The van der Waals surface area contributed by atoms with Crippen LogP contribution in [0.3, 0.4) is 0 Å². The van der Waals surface area contributed by atoms with Crippen molar-refractivity contribution >= 4 is 5.82 Å². The molecular weight excluding hydrogens is 222 g/mol. The first-order valence-corrected chi connectivity index (χ1v) is 5.26. The molecule has 0 aliphatic rings. The molecule has 17 heavy (non-hydrogen) atoms. The highest BCUT2D eigenvalue weighted by atomic mass is 19.1. The first kappa shape index (κ1) is 11.5. The fourth-order valence-electron chi connectivity index (χ4n) is 1.53. The molecule has 2 aromatic rings. The number of nitrogens with zero attached hydrogens (tertiary/aromatic N) is 1. The zero-order valence-electron chi connectivity index (χ0n) is 9.37. The van der Waals surface area contributed by atoms with Gasteiger partial charge in [-0.05, 0) is 18.1 Å². The van der Waals surface area contributed by atoms with E-state index in [1.165, 1.54) is 0 Å². The molecule has 1 aromatic heterocycles.